The Morgan fingerprint density at radius 3 is 2.56 bits per heavy atom. The lowest BCUT2D eigenvalue weighted by molar-refractivity contribution is 0.386. The van der Waals surface area contributed by atoms with Crippen molar-refractivity contribution in [3.63, 3.8) is 0 Å². The predicted molar refractivity (Wildman–Crippen MR) is 189 cm³/mol. The first kappa shape index (κ1) is 25.5. The lowest BCUT2D eigenvalue weighted by Gasteiger charge is -2.40. The van der Waals surface area contributed by atoms with Crippen LogP contribution in [0, 0.1) is 0 Å². The van der Waals surface area contributed by atoms with Crippen molar-refractivity contribution in [2.24, 2.45) is 0 Å². The van der Waals surface area contributed by atoms with Crippen LogP contribution in [0.2, 0.25) is 0 Å². The maximum Gasteiger partial charge on any atom is 0.156 e. The Hall–Kier alpha value is -4.84. The third-order valence-corrected chi connectivity index (χ3v) is 11.3. The second kappa shape index (κ2) is 9.83. The van der Waals surface area contributed by atoms with Gasteiger partial charge in [0.2, 0.25) is 0 Å². The van der Waals surface area contributed by atoms with E-state index < -0.39 is 0 Å². The Kier molecular flexibility index (Phi) is 5.57. The fourth-order valence-corrected chi connectivity index (χ4v) is 9.39. The van der Waals surface area contributed by atoms with Crippen LogP contribution >= 0.6 is 11.3 Å². The molecule has 0 bridgehead atoms. The molecule has 2 aromatic heterocycles. The van der Waals surface area contributed by atoms with Crippen molar-refractivity contribution in [1.82, 2.24) is 15.2 Å². The molecule has 4 heterocycles. The maximum absolute atomic E-state index is 3.99. The standard InChI is InChI=1S/C40H32N4S/c1-2-10-26(11-3-1)43-33-15-7-4-12-27(33)28-19-18-25(24-36(28)43)32-22-23-41-40(42-32)44-34-16-8-5-14-31(34)38-35(44)21-20-30-29-13-6-9-17-37(29)45-39(30)38/h1-3,5-6,8-24,31-32,34,40-42H,4,7H2. The van der Waals surface area contributed by atoms with E-state index in [2.05, 4.69) is 154 Å². The molecule has 0 fully saturated rings. The van der Waals surface area contributed by atoms with Crippen LogP contribution in [0.4, 0.5) is 5.69 Å². The number of rotatable bonds is 3. The minimum atomic E-state index is -0.0526. The van der Waals surface area contributed by atoms with Gasteiger partial charge in [-0.2, -0.15) is 0 Å². The van der Waals surface area contributed by atoms with E-state index in [1.165, 1.54) is 64.1 Å². The van der Waals surface area contributed by atoms with Crippen LogP contribution in [0.25, 0.3) is 48.9 Å². The van der Waals surface area contributed by atoms with Crippen LogP contribution < -0.4 is 26.1 Å². The van der Waals surface area contributed by atoms with Crippen molar-refractivity contribution in [2.75, 3.05) is 4.90 Å². The van der Waals surface area contributed by atoms with Crippen molar-refractivity contribution < 1.29 is 0 Å². The lowest BCUT2D eigenvalue weighted by atomic mass is 9.90. The van der Waals surface area contributed by atoms with E-state index in [1.54, 1.807) is 0 Å². The summed E-state index contributed by atoms with van der Waals surface area (Å²) in [4.78, 5) is 2.56. The zero-order valence-electron chi connectivity index (χ0n) is 24.7. The SMILES string of the molecule is C1=CC2c3c(ccc4c3sc3ccccc34)N(C3NC=CC(c4ccc5c6c(n(-c7ccccc7)c5c4)=CCCC=6)N3)C2C=C1. The summed E-state index contributed by atoms with van der Waals surface area (Å²) < 4.78 is 5.22. The van der Waals surface area contributed by atoms with Crippen LogP contribution in [-0.4, -0.2) is 16.9 Å². The largest absolute Gasteiger partial charge is 0.359 e. The molecule has 0 spiro atoms. The van der Waals surface area contributed by atoms with Gasteiger partial charge >= 0.3 is 0 Å². The van der Waals surface area contributed by atoms with Crippen LogP contribution in [0.5, 0.6) is 0 Å². The number of para-hydroxylation sites is 1. The molecule has 4 aliphatic rings. The fourth-order valence-electron chi connectivity index (χ4n) is 8.09. The number of benzene rings is 4. The molecule has 0 saturated carbocycles. The lowest BCUT2D eigenvalue weighted by Crippen LogP contribution is -2.58. The van der Waals surface area contributed by atoms with Gasteiger partial charge in [0, 0.05) is 59.0 Å². The molecule has 4 nitrogen and oxygen atoms in total. The van der Waals surface area contributed by atoms with Gasteiger partial charge in [-0.15, -0.1) is 11.3 Å². The molecule has 45 heavy (non-hydrogen) atoms. The van der Waals surface area contributed by atoms with E-state index in [9.17, 15) is 0 Å². The monoisotopic (exact) mass is 600 g/mol. The predicted octanol–water partition coefficient (Wildman–Crippen LogP) is 7.48. The molecule has 2 aliphatic heterocycles. The van der Waals surface area contributed by atoms with Gasteiger partial charge in [-0.25, -0.2) is 0 Å². The molecule has 0 saturated heterocycles. The molecule has 4 unspecified atom stereocenters. The average Bonchev–Trinajstić information content (AvgIpc) is 3.76. The van der Waals surface area contributed by atoms with E-state index in [1.807, 2.05) is 11.3 Å². The second-order valence-corrected chi connectivity index (χ2v) is 13.5. The Bertz CT molecular complexity index is 2370. The van der Waals surface area contributed by atoms with Crippen LogP contribution in [-0.2, 0) is 0 Å². The van der Waals surface area contributed by atoms with E-state index in [0.29, 0.717) is 5.92 Å². The zero-order chi connectivity index (χ0) is 29.5. The van der Waals surface area contributed by atoms with Gasteiger partial charge in [-0.1, -0.05) is 91.1 Å². The number of fused-ring (bicyclic) bond motifs is 10. The summed E-state index contributed by atoms with van der Waals surface area (Å²) in [6, 6.07) is 31.7. The molecule has 10 rings (SSSR count). The summed E-state index contributed by atoms with van der Waals surface area (Å²) in [6.45, 7) is 0. The van der Waals surface area contributed by atoms with E-state index in [0.717, 1.165) is 12.8 Å². The molecule has 0 radical (unpaired) electrons. The smallest absolute Gasteiger partial charge is 0.156 e. The topological polar surface area (TPSA) is 32.2 Å². The van der Waals surface area contributed by atoms with Crippen molar-refractivity contribution in [1.29, 1.82) is 0 Å². The summed E-state index contributed by atoms with van der Waals surface area (Å²) in [6.07, 6.45) is 20.5. The Morgan fingerprint density at radius 1 is 0.756 bits per heavy atom. The van der Waals surface area contributed by atoms with Gasteiger partial charge in [0.15, 0.2) is 6.29 Å². The minimum absolute atomic E-state index is 0.0526. The number of anilines is 1. The quantitative estimate of drug-likeness (QED) is 0.221. The van der Waals surface area contributed by atoms with Gasteiger partial charge < -0.3 is 14.8 Å². The van der Waals surface area contributed by atoms with E-state index >= 15 is 0 Å². The molecule has 2 aliphatic carbocycles. The minimum Gasteiger partial charge on any atom is -0.359 e. The maximum atomic E-state index is 3.99. The fraction of sp³-hybridized carbons (Fsp3) is 0.150. The highest BCUT2D eigenvalue weighted by Crippen LogP contribution is 2.51. The van der Waals surface area contributed by atoms with Crippen LogP contribution in [0.1, 0.15) is 35.9 Å². The highest BCUT2D eigenvalue weighted by molar-refractivity contribution is 7.26. The summed E-state index contributed by atoms with van der Waals surface area (Å²) in [5, 5.41) is 14.4. The second-order valence-electron chi connectivity index (χ2n) is 12.5. The van der Waals surface area contributed by atoms with Crippen molar-refractivity contribution in [3.8, 4) is 5.69 Å². The van der Waals surface area contributed by atoms with Crippen molar-refractivity contribution >= 4 is 60.3 Å². The van der Waals surface area contributed by atoms with Gasteiger partial charge in [0.1, 0.15) is 0 Å². The number of aromatic nitrogens is 1. The first-order valence-electron chi connectivity index (χ1n) is 16.0. The van der Waals surface area contributed by atoms with Crippen molar-refractivity contribution in [3.05, 3.63) is 143 Å². The number of hydrogen-bond donors (Lipinski definition) is 2. The van der Waals surface area contributed by atoms with Crippen molar-refractivity contribution in [2.45, 2.75) is 37.1 Å². The molecule has 218 valence electrons. The third-order valence-electron chi connectivity index (χ3n) is 10.1. The number of hydrogen-bond acceptors (Lipinski definition) is 4. The third kappa shape index (κ3) is 3.75. The number of allylic oxidation sites excluding steroid dienone is 2. The molecule has 4 atom stereocenters. The van der Waals surface area contributed by atoms with Crippen LogP contribution in [0.3, 0.4) is 0 Å². The van der Waals surface area contributed by atoms with Gasteiger partial charge in [0.05, 0.1) is 17.6 Å². The van der Waals surface area contributed by atoms with E-state index in [-0.39, 0.29) is 18.4 Å². The first-order chi connectivity index (χ1) is 22.3. The molecule has 6 aromatic rings. The number of thiophene rings is 1. The first-order valence-corrected chi connectivity index (χ1v) is 16.8. The summed E-state index contributed by atoms with van der Waals surface area (Å²) >= 11 is 1.93. The van der Waals surface area contributed by atoms with E-state index in [4.69, 9.17) is 0 Å². The summed E-state index contributed by atoms with van der Waals surface area (Å²) in [5.74, 6) is 0.319. The van der Waals surface area contributed by atoms with Gasteiger partial charge in [-0.3, -0.25) is 5.32 Å². The van der Waals surface area contributed by atoms with Gasteiger partial charge in [-0.05, 0) is 61.0 Å². The Morgan fingerprint density at radius 2 is 1.60 bits per heavy atom. The Balaban J connectivity index is 1.07. The average molecular weight is 601 g/mol. The number of nitrogens with zero attached hydrogens (tertiary/aromatic N) is 2. The molecule has 0 amide bonds. The highest BCUT2D eigenvalue weighted by Gasteiger charge is 2.42. The zero-order valence-corrected chi connectivity index (χ0v) is 25.5. The van der Waals surface area contributed by atoms with Gasteiger partial charge in [0.25, 0.3) is 0 Å². The molecular formula is C40H32N4S. The highest BCUT2D eigenvalue weighted by atomic mass is 32.1. The molecular weight excluding hydrogens is 569 g/mol. The Labute approximate surface area is 265 Å². The molecule has 4 aromatic carbocycles. The number of nitrogens with one attached hydrogen (secondary N) is 2. The summed E-state index contributed by atoms with van der Waals surface area (Å²) in [7, 11) is 0. The molecule has 2 N–H and O–H groups in total. The summed E-state index contributed by atoms with van der Waals surface area (Å²) in [5.41, 5.74) is 6.51. The van der Waals surface area contributed by atoms with Crippen LogP contribution in [0.15, 0.2) is 122 Å². The normalized spacial score (nSPS) is 23.1. The molecule has 5 heteroatoms.